The molecule has 5 heteroatoms. The van der Waals surface area contributed by atoms with E-state index in [4.69, 9.17) is 4.74 Å². The van der Waals surface area contributed by atoms with Crippen molar-refractivity contribution in [1.82, 2.24) is 0 Å². The number of phenols is 1. The van der Waals surface area contributed by atoms with Crippen molar-refractivity contribution < 1.29 is 19.4 Å². The highest BCUT2D eigenvalue weighted by Crippen LogP contribution is 2.43. The molecular formula is C18H19NO4. The van der Waals surface area contributed by atoms with E-state index in [0.717, 1.165) is 24.1 Å². The second-order valence-electron chi connectivity index (χ2n) is 5.96. The molecule has 2 atom stereocenters. The number of aromatic hydroxyl groups is 1. The number of rotatable bonds is 2. The summed E-state index contributed by atoms with van der Waals surface area (Å²) in [6.07, 6.45) is 2.02. The lowest BCUT2D eigenvalue weighted by Gasteiger charge is -2.34. The molecule has 2 aliphatic rings. The van der Waals surface area contributed by atoms with Gasteiger partial charge in [-0.2, -0.15) is 0 Å². The van der Waals surface area contributed by atoms with E-state index in [9.17, 15) is 14.7 Å². The van der Waals surface area contributed by atoms with Gasteiger partial charge in [0.1, 0.15) is 11.7 Å². The molecule has 0 radical (unpaired) electrons. The molecule has 0 saturated carbocycles. The lowest BCUT2D eigenvalue weighted by molar-refractivity contribution is -0.143. The van der Waals surface area contributed by atoms with Crippen molar-refractivity contribution in [3.63, 3.8) is 0 Å². The van der Waals surface area contributed by atoms with Crippen molar-refractivity contribution in [3.8, 4) is 5.75 Å². The summed E-state index contributed by atoms with van der Waals surface area (Å²) in [5.74, 6) is -1.20. The van der Waals surface area contributed by atoms with Gasteiger partial charge in [-0.25, -0.2) is 0 Å². The molecule has 1 unspecified atom stereocenters. The maximum atomic E-state index is 12.5. The number of hydrogen-bond acceptors (Lipinski definition) is 5. The number of aliphatic imine (C=N–C) groups is 1. The number of Topliss-reactive ketones (excluding diaryl/α,β-unsaturated/α-hetero) is 1. The number of ether oxygens (including phenoxy) is 1. The monoisotopic (exact) mass is 313 g/mol. The van der Waals surface area contributed by atoms with Gasteiger partial charge in [0.15, 0.2) is 5.78 Å². The van der Waals surface area contributed by atoms with E-state index < -0.39 is 17.8 Å². The summed E-state index contributed by atoms with van der Waals surface area (Å²) >= 11 is 0. The third-order valence-electron chi connectivity index (χ3n) is 4.54. The van der Waals surface area contributed by atoms with Gasteiger partial charge >= 0.3 is 5.97 Å². The Morgan fingerprint density at radius 2 is 1.96 bits per heavy atom. The summed E-state index contributed by atoms with van der Waals surface area (Å²) in [5.41, 5.74) is 2.90. The van der Waals surface area contributed by atoms with E-state index in [0.29, 0.717) is 17.7 Å². The van der Waals surface area contributed by atoms with Crippen molar-refractivity contribution in [3.05, 3.63) is 41.1 Å². The lowest BCUT2D eigenvalue weighted by Crippen LogP contribution is -2.36. The van der Waals surface area contributed by atoms with Gasteiger partial charge in [-0.1, -0.05) is 12.1 Å². The number of nitrogens with zero attached hydrogens (tertiary/aromatic N) is 1. The largest absolute Gasteiger partial charge is 0.508 e. The fraction of sp³-hybridized carbons (Fsp3) is 0.389. The molecule has 1 N–H and O–H groups in total. The Hall–Kier alpha value is -2.43. The number of carbonyl (C=O) groups is 2. The second kappa shape index (κ2) is 5.99. The third kappa shape index (κ3) is 2.67. The fourth-order valence-corrected chi connectivity index (χ4v) is 3.48. The van der Waals surface area contributed by atoms with Crippen LogP contribution in [0.1, 0.15) is 37.7 Å². The van der Waals surface area contributed by atoms with Gasteiger partial charge in [-0.15, -0.1) is 0 Å². The first-order chi connectivity index (χ1) is 11.0. The zero-order valence-electron chi connectivity index (χ0n) is 13.2. The standard InChI is InChI=1S/C18H19NO4/c1-10-15(18(22)23-2)16(11-6-8-12(20)9-7-11)17-13(19-10)4-3-5-14(17)21/h6-9,15-16,20H,3-5H2,1-2H3/t15?,16-/m1/s1. The molecule has 0 spiro atoms. The number of methoxy groups -OCH3 is 1. The van der Waals surface area contributed by atoms with Crippen LogP contribution in [-0.2, 0) is 14.3 Å². The van der Waals surface area contributed by atoms with Gasteiger partial charge in [0.2, 0.25) is 0 Å². The Balaban J connectivity index is 2.17. The third-order valence-corrected chi connectivity index (χ3v) is 4.54. The quantitative estimate of drug-likeness (QED) is 0.852. The number of carbonyl (C=O) groups excluding carboxylic acids is 2. The highest BCUT2D eigenvalue weighted by Gasteiger charge is 2.42. The summed E-state index contributed by atoms with van der Waals surface area (Å²) < 4.78 is 4.95. The molecule has 23 heavy (non-hydrogen) atoms. The molecule has 120 valence electrons. The van der Waals surface area contributed by atoms with E-state index in [1.807, 2.05) is 0 Å². The summed E-state index contributed by atoms with van der Waals surface area (Å²) in [4.78, 5) is 29.4. The van der Waals surface area contributed by atoms with Crippen LogP contribution < -0.4 is 0 Å². The molecular weight excluding hydrogens is 294 g/mol. The number of benzene rings is 1. The molecule has 3 rings (SSSR count). The van der Waals surface area contributed by atoms with Crippen LogP contribution in [0.2, 0.25) is 0 Å². The predicted octanol–water partition coefficient (Wildman–Crippen LogP) is 2.75. The zero-order valence-corrected chi connectivity index (χ0v) is 13.2. The molecule has 0 aromatic heterocycles. The van der Waals surface area contributed by atoms with E-state index in [1.54, 1.807) is 31.2 Å². The average Bonchev–Trinajstić information content (AvgIpc) is 2.54. The number of ketones is 1. The Bertz CT molecular complexity index is 715. The highest BCUT2D eigenvalue weighted by atomic mass is 16.5. The first-order valence-corrected chi connectivity index (χ1v) is 7.71. The Kier molecular flexibility index (Phi) is 4.03. The molecule has 0 amide bonds. The van der Waals surface area contributed by atoms with Crippen LogP contribution in [-0.4, -0.2) is 29.7 Å². The van der Waals surface area contributed by atoms with E-state index >= 15 is 0 Å². The van der Waals surface area contributed by atoms with Crippen molar-refractivity contribution in [2.24, 2.45) is 10.9 Å². The molecule has 1 aromatic carbocycles. The normalized spacial score (nSPS) is 24.1. The van der Waals surface area contributed by atoms with Crippen LogP contribution in [0.4, 0.5) is 0 Å². The van der Waals surface area contributed by atoms with Gasteiger partial charge in [0.25, 0.3) is 0 Å². The molecule has 1 aromatic rings. The van der Waals surface area contributed by atoms with Crippen LogP contribution in [0, 0.1) is 5.92 Å². The minimum atomic E-state index is -0.606. The molecule has 0 fully saturated rings. The minimum Gasteiger partial charge on any atom is -0.508 e. The first-order valence-electron chi connectivity index (χ1n) is 7.71. The molecule has 0 bridgehead atoms. The number of allylic oxidation sites excluding steroid dienone is 2. The van der Waals surface area contributed by atoms with Crippen LogP contribution in [0.15, 0.2) is 40.5 Å². The second-order valence-corrected chi connectivity index (χ2v) is 5.96. The predicted molar refractivity (Wildman–Crippen MR) is 85.3 cm³/mol. The lowest BCUT2D eigenvalue weighted by atomic mass is 9.72. The average molecular weight is 313 g/mol. The summed E-state index contributed by atoms with van der Waals surface area (Å²) in [5, 5.41) is 9.52. The SMILES string of the molecule is COC(=O)C1C(C)=NC2=C(C(=O)CCC2)[C@@H]1c1ccc(O)cc1. The van der Waals surface area contributed by atoms with Crippen LogP contribution in [0.25, 0.3) is 0 Å². The van der Waals surface area contributed by atoms with Gasteiger partial charge in [-0.05, 0) is 37.5 Å². The van der Waals surface area contributed by atoms with Crippen LogP contribution in [0.5, 0.6) is 5.75 Å². The molecule has 1 aliphatic heterocycles. The number of phenolic OH excluding ortho intramolecular Hbond substituents is 1. The Morgan fingerprint density at radius 3 is 2.61 bits per heavy atom. The zero-order chi connectivity index (χ0) is 16.6. The maximum Gasteiger partial charge on any atom is 0.315 e. The smallest absolute Gasteiger partial charge is 0.315 e. The first kappa shape index (κ1) is 15.5. The van der Waals surface area contributed by atoms with E-state index in [2.05, 4.69) is 4.99 Å². The van der Waals surface area contributed by atoms with Gasteiger partial charge in [0, 0.05) is 29.3 Å². The molecule has 1 aliphatic carbocycles. The summed E-state index contributed by atoms with van der Waals surface area (Å²) in [6.45, 7) is 1.80. The van der Waals surface area contributed by atoms with Crippen molar-refractivity contribution in [2.45, 2.75) is 32.1 Å². The van der Waals surface area contributed by atoms with Crippen LogP contribution >= 0.6 is 0 Å². The van der Waals surface area contributed by atoms with E-state index in [-0.39, 0.29) is 11.5 Å². The van der Waals surface area contributed by atoms with E-state index in [1.165, 1.54) is 7.11 Å². The summed E-state index contributed by atoms with van der Waals surface area (Å²) in [6, 6.07) is 6.64. The highest BCUT2D eigenvalue weighted by molar-refractivity contribution is 6.08. The summed E-state index contributed by atoms with van der Waals surface area (Å²) in [7, 11) is 1.34. The van der Waals surface area contributed by atoms with Gasteiger partial charge < -0.3 is 9.84 Å². The number of hydrogen-bond donors (Lipinski definition) is 1. The number of esters is 1. The van der Waals surface area contributed by atoms with Crippen molar-refractivity contribution in [2.75, 3.05) is 7.11 Å². The molecule has 5 nitrogen and oxygen atoms in total. The van der Waals surface area contributed by atoms with Gasteiger partial charge in [-0.3, -0.25) is 14.6 Å². The van der Waals surface area contributed by atoms with Crippen LogP contribution in [0.3, 0.4) is 0 Å². The van der Waals surface area contributed by atoms with Crippen molar-refractivity contribution in [1.29, 1.82) is 0 Å². The molecule has 0 saturated heterocycles. The Labute approximate surface area is 134 Å². The van der Waals surface area contributed by atoms with Gasteiger partial charge in [0.05, 0.1) is 7.11 Å². The fourth-order valence-electron chi connectivity index (χ4n) is 3.48. The minimum absolute atomic E-state index is 0.0504. The molecule has 1 heterocycles. The topological polar surface area (TPSA) is 76.0 Å². The van der Waals surface area contributed by atoms with Crippen molar-refractivity contribution >= 4 is 17.5 Å². The Morgan fingerprint density at radius 1 is 1.26 bits per heavy atom. The maximum absolute atomic E-state index is 12.5.